The molecule has 0 heterocycles. The molecule has 418 valence electrons. The Morgan fingerprint density at radius 2 is 0.718 bits per heavy atom. The van der Waals surface area contributed by atoms with Crippen LogP contribution in [-0.4, -0.2) is 47.4 Å². The van der Waals surface area contributed by atoms with Gasteiger partial charge in [-0.15, -0.1) is 0 Å². The van der Waals surface area contributed by atoms with Gasteiger partial charge in [0.2, 0.25) is 5.91 Å². The summed E-state index contributed by atoms with van der Waals surface area (Å²) in [6.45, 7) is 4.92. The van der Waals surface area contributed by atoms with Crippen LogP contribution in [0.5, 0.6) is 0 Å². The number of ether oxygens (including phenoxy) is 1. The minimum atomic E-state index is -0.671. The van der Waals surface area contributed by atoms with Crippen LogP contribution in [0.3, 0.4) is 0 Å². The van der Waals surface area contributed by atoms with Crippen LogP contribution >= 0.6 is 0 Å². The van der Waals surface area contributed by atoms with Gasteiger partial charge in [-0.2, -0.15) is 0 Å². The molecule has 6 heteroatoms. The minimum absolute atomic E-state index is 0.00810. The zero-order chi connectivity index (χ0) is 51.4. The number of hydrogen-bond donors (Lipinski definition) is 3. The topological polar surface area (TPSA) is 95.9 Å². The fourth-order valence-electron chi connectivity index (χ4n) is 9.77. The number of allylic oxidation sites excluding steroid dienone is 6. The second-order valence-corrected chi connectivity index (χ2v) is 21.7. The summed E-state index contributed by atoms with van der Waals surface area (Å²) in [6.07, 6.45) is 75.8. The van der Waals surface area contributed by atoms with Gasteiger partial charge in [0, 0.05) is 12.8 Å². The Labute approximate surface area is 443 Å². The second-order valence-electron chi connectivity index (χ2n) is 21.7. The quantitative estimate of drug-likeness (QED) is 0.0321. The van der Waals surface area contributed by atoms with Crippen molar-refractivity contribution < 1.29 is 24.5 Å². The van der Waals surface area contributed by atoms with Crippen LogP contribution in [0.25, 0.3) is 0 Å². The van der Waals surface area contributed by atoms with Gasteiger partial charge in [0.1, 0.15) is 0 Å². The molecule has 0 aliphatic carbocycles. The highest BCUT2D eigenvalue weighted by Gasteiger charge is 2.20. The third-order valence-corrected chi connectivity index (χ3v) is 14.7. The van der Waals surface area contributed by atoms with Crippen LogP contribution < -0.4 is 5.32 Å². The zero-order valence-electron chi connectivity index (χ0n) is 47.7. The van der Waals surface area contributed by atoms with Crippen molar-refractivity contribution in [1.29, 1.82) is 0 Å². The summed E-state index contributed by atoms with van der Waals surface area (Å²) in [7, 11) is 0. The van der Waals surface area contributed by atoms with Crippen LogP contribution in [0.2, 0.25) is 0 Å². The van der Waals surface area contributed by atoms with Crippen molar-refractivity contribution in [2.45, 2.75) is 353 Å². The third kappa shape index (κ3) is 57.2. The number of carbonyl (C=O) groups excluding carboxylic acids is 2. The smallest absolute Gasteiger partial charge is 0.305 e. The number of carbonyl (C=O) groups is 2. The van der Waals surface area contributed by atoms with Gasteiger partial charge in [0.05, 0.1) is 25.4 Å². The first-order valence-corrected chi connectivity index (χ1v) is 31.7. The summed E-state index contributed by atoms with van der Waals surface area (Å²) in [5, 5.41) is 23.4. The summed E-state index contributed by atoms with van der Waals surface area (Å²) in [6, 6.07) is -0.549. The van der Waals surface area contributed by atoms with E-state index >= 15 is 0 Å². The summed E-state index contributed by atoms with van der Waals surface area (Å²) in [5.41, 5.74) is 0. The Morgan fingerprint density at radius 1 is 0.394 bits per heavy atom. The monoisotopic (exact) mass is 998 g/mol. The van der Waals surface area contributed by atoms with Crippen LogP contribution in [0.1, 0.15) is 341 Å². The molecule has 0 aliphatic heterocycles. The lowest BCUT2D eigenvalue weighted by molar-refractivity contribution is -0.143. The van der Waals surface area contributed by atoms with Crippen molar-refractivity contribution in [3.63, 3.8) is 0 Å². The summed E-state index contributed by atoms with van der Waals surface area (Å²) in [4.78, 5) is 24.6. The van der Waals surface area contributed by atoms with E-state index < -0.39 is 12.1 Å². The van der Waals surface area contributed by atoms with Gasteiger partial charge in [-0.05, 0) is 77.0 Å². The SMILES string of the molecule is CCCC/C=C\C/C=C\CCCCCCCC(=O)OCCCCCCCCCCC/C=C\CCCCCCCCCC(=O)NC(CO)C(O)CCCCCCCCCCCCCCCCCCCCCC. The number of aliphatic hydroxyl groups is 2. The molecule has 0 saturated heterocycles. The maximum Gasteiger partial charge on any atom is 0.305 e. The Hall–Kier alpha value is -1.92. The number of rotatable bonds is 59. The molecule has 0 rings (SSSR count). The number of nitrogens with one attached hydrogen (secondary N) is 1. The minimum Gasteiger partial charge on any atom is -0.466 e. The van der Waals surface area contributed by atoms with E-state index in [4.69, 9.17) is 4.74 Å². The number of hydrogen-bond acceptors (Lipinski definition) is 5. The largest absolute Gasteiger partial charge is 0.466 e. The maximum atomic E-state index is 12.5. The maximum absolute atomic E-state index is 12.5. The first-order valence-electron chi connectivity index (χ1n) is 31.7. The van der Waals surface area contributed by atoms with Crippen molar-refractivity contribution in [3.05, 3.63) is 36.5 Å². The van der Waals surface area contributed by atoms with E-state index in [0.29, 0.717) is 25.9 Å². The van der Waals surface area contributed by atoms with Gasteiger partial charge in [0.25, 0.3) is 0 Å². The molecular weight excluding hydrogens is 875 g/mol. The van der Waals surface area contributed by atoms with Gasteiger partial charge in [-0.25, -0.2) is 0 Å². The third-order valence-electron chi connectivity index (χ3n) is 14.7. The highest BCUT2D eigenvalue weighted by atomic mass is 16.5. The van der Waals surface area contributed by atoms with E-state index in [1.807, 2.05) is 0 Å². The standard InChI is InChI=1S/C65H123NO5/c1-3-5-7-9-11-13-15-17-19-20-21-24-27-30-33-37-41-45-49-53-57-63(68)62(61-67)66-64(69)58-54-50-46-42-38-34-31-28-25-22-23-26-29-32-36-40-44-48-52-56-60-71-65(70)59-55-51-47-43-39-35-18-16-14-12-10-8-6-4-2/h10,12,16,18,22,25,62-63,67-68H,3-9,11,13-15,17,19-21,23-24,26-61H2,1-2H3,(H,66,69)/b12-10-,18-16-,25-22-. The zero-order valence-corrected chi connectivity index (χ0v) is 47.7. The summed E-state index contributed by atoms with van der Waals surface area (Å²) in [5.74, 6) is -0.0493. The Balaban J connectivity index is 3.44. The van der Waals surface area contributed by atoms with E-state index in [1.165, 1.54) is 257 Å². The van der Waals surface area contributed by atoms with Gasteiger partial charge in [-0.1, -0.05) is 288 Å². The van der Waals surface area contributed by atoms with Crippen molar-refractivity contribution in [2.24, 2.45) is 0 Å². The molecule has 2 unspecified atom stereocenters. The lowest BCUT2D eigenvalue weighted by atomic mass is 10.0. The van der Waals surface area contributed by atoms with Crippen LogP contribution in [0.4, 0.5) is 0 Å². The number of amides is 1. The molecule has 2 atom stereocenters. The first-order chi connectivity index (χ1) is 35.0. The molecule has 3 N–H and O–H groups in total. The highest BCUT2D eigenvalue weighted by Crippen LogP contribution is 2.18. The molecule has 71 heavy (non-hydrogen) atoms. The van der Waals surface area contributed by atoms with Crippen LogP contribution in [-0.2, 0) is 14.3 Å². The van der Waals surface area contributed by atoms with Gasteiger partial charge >= 0.3 is 5.97 Å². The van der Waals surface area contributed by atoms with E-state index in [1.54, 1.807) is 0 Å². The average molecular weight is 999 g/mol. The molecule has 0 bridgehead atoms. The molecule has 0 aromatic carbocycles. The molecular formula is C65H123NO5. The predicted octanol–water partition coefficient (Wildman–Crippen LogP) is 20.0. The average Bonchev–Trinajstić information content (AvgIpc) is 3.37. The van der Waals surface area contributed by atoms with Crippen LogP contribution in [0.15, 0.2) is 36.5 Å². The molecule has 0 radical (unpaired) electrons. The Kier molecular flexibility index (Phi) is 59.0. The molecule has 1 amide bonds. The Bertz CT molecular complexity index is 1150. The molecule has 0 fully saturated rings. The first kappa shape index (κ1) is 69.1. The fourth-order valence-corrected chi connectivity index (χ4v) is 9.77. The molecule has 0 aromatic heterocycles. The van der Waals surface area contributed by atoms with Gasteiger partial charge < -0.3 is 20.3 Å². The van der Waals surface area contributed by atoms with E-state index in [2.05, 4.69) is 55.6 Å². The van der Waals surface area contributed by atoms with E-state index in [-0.39, 0.29) is 18.5 Å². The molecule has 0 aliphatic rings. The fraction of sp³-hybridized carbons (Fsp3) is 0.877. The lowest BCUT2D eigenvalue weighted by Crippen LogP contribution is -2.45. The summed E-state index contributed by atoms with van der Waals surface area (Å²) < 4.78 is 5.47. The van der Waals surface area contributed by atoms with Crippen molar-refractivity contribution in [2.75, 3.05) is 13.2 Å². The van der Waals surface area contributed by atoms with Gasteiger partial charge in [0.15, 0.2) is 0 Å². The van der Waals surface area contributed by atoms with Crippen molar-refractivity contribution >= 4 is 11.9 Å². The lowest BCUT2D eigenvalue weighted by Gasteiger charge is -2.22. The van der Waals surface area contributed by atoms with Crippen molar-refractivity contribution in [3.8, 4) is 0 Å². The van der Waals surface area contributed by atoms with Crippen molar-refractivity contribution in [1.82, 2.24) is 5.32 Å². The Morgan fingerprint density at radius 3 is 1.13 bits per heavy atom. The molecule has 6 nitrogen and oxygen atoms in total. The van der Waals surface area contributed by atoms with E-state index in [0.717, 1.165) is 51.4 Å². The van der Waals surface area contributed by atoms with Crippen LogP contribution in [0, 0.1) is 0 Å². The van der Waals surface area contributed by atoms with E-state index in [9.17, 15) is 19.8 Å². The normalized spacial score (nSPS) is 12.8. The second kappa shape index (κ2) is 60.6. The van der Waals surface area contributed by atoms with Gasteiger partial charge in [-0.3, -0.25) is 9.59 Å². The number of unbranched alkanes of at least 4 members (excludes halogenated alkanes) is 42. The molecule has 0 aromatic rings. The number of aliphatic hydroxyl groups excluding tert-OH is 2. The molecule has 0 saturated carbocycles. The highest BCUT2D eigenvalue weighted by molar-refractivity contribution is 5.76. The summed E-state index contributed by atoms with van der Waals surface area (Å²) >= 11 is 0. The molecule has 0 spiro atoms. The predicted molar refractivity (Wildman–Crippen MR) is 310 cm³/mol. The number of esters is 1.